The Kier molecular flexibility index (Phi) is 6.56. The molecular weight excluding hydrogens is 396 g/mol. The highest BCUT2D eigenvalue weighted by Gasteiger charge is 2.22. The standard InChI is InChI=1S/C20H19ClN4O4/c21-16-8-7-14(12-18(16)25(28)29)13-22-23-19(26)9-10-20(27)24-11-3-5-15-4-1-2-6-17(15)24/h1-2,4,6-8,12-13H,3,5,9-11H2,(H,23,26)/b22-13+. The summed E-state index contributed by atoms with van der Waals surface area (Å²) in [4.78, 5) is 36.5. The number of hydrogen-bond acceptors (Lipinski definition) is 5. The SMILES string of the molecule is O=C(CCC(=O)N1CCCc2ccccc21)N/N=C/c1ccc(Cl)c([N+](=O)[O-])c1. The third-order valence-electron chi connectivity index (χ3n) is 4.55. The van der Waals surface area contributed by atoms with Gasteiger partial charge in [-0.25, -0.2) is 5.43 Å². The topological polar surface area (TPSA) is 105 Å². The summed E-state index contributed by atoms with van der Waals surface area (Å²) in [5.41, 5.74) is 4.55. The number of nitrogens with zero attached hydrogens (tertiary/aromatic N) is 3. The molecule has 0 bridgehead atoms. The quantitative estimate of drug-likeness (QED) is 0.444. The fraction of sp³-hybridized carbons (Fsp3) is 0.250. The summed E-state index contributed by atoms with van der Waals surface area (Å²) < 4.78 is 0. The molecule has 0 atom stereocenters. The Morgan fingerprint density at radius 1 is 1.24 bits per heavy atom. The number of amides is 2. The molecule has 0 saturated heterocycles. The first-order valence-corrected chi connectivity index (χ1v) is 9.47. The molecule has 1 N–H and O–H groups in total. The third-order valence-corrected chi connectivity index (χ3v) is 4.87. The Hall–Kier alpha value is -3.26. The van der Waals surface area contributed by atoms with Crippen LogP contribution in [-0.2, 0) is 16.0 Å². The lowest BCUT2D eigenvalue weighted by atomic mass is 10.0. The van der Waals surface area contributed by atoms with E-state index in [-0.39, 0.29) is 29.5 Å². The third kappa shape index (κ3) is 5.17. The van der Waals surface area contributed by atoms with Crippen LogP contribution in [0, 0.1) is 10.1 Å². The average molecular weight is 415 g/mol. The molecule has 2 aromatic carbocycles. The van der Waals surface area contributed by atoms with Gasteiger partial charge in [0, 0.05) is 36.7 Å². The Balaban J connectivity index is 1.52. The summed E-state index contributed by atoms with van der Waals surface area (Å²) in [6.07, 6.45) is 3.19. The summed E-state index contributed by atoms with van der Waals surface area (Å²) in [6, 6.07) is 12.0. The van der Waals surface area contributed by atoms with Gasteiger partial charge in [-0.3, -0.25) is 19.7 Å². The second-order valence-corrected chi connectivity index (χ2v) is 6.95. The lowest BCUT2D eigenvalue weighted by Gasteiger charge is -2.29. The fourth-order valence-corrected chi connectivity index (χ4v) is 3.32. The highest BCUT2D eigenvalue weighted by Crippen LogP contribution is 2.27. The number of rotatable bonds is 6. The number of para-hydroxylation sites is 1. The van der Waals surface area contributed by atoms with Gasteiger partial charge in [-0.2, -0.15) is 5.10 Å². The minimum Gasteiger partial charge on any atom is -0.312 e. The number of carbonyl (C=O) groups is 2. The van der Waals surface area contributed by atoms with Crippen LogP contribution in [0.1, 0.15) is 30.4 Å². The molecular formula is C20H19ClN4O4. The Bertz CT molecular complexity index is 977. The highest BCUT2D eigenvalue weighted by atomic mass is 35.5. The van der Waals surface area contributed by atoms with Gasteiger partial charge in [0.15, 0.2) is 0 Å². The molecule has 29 heavy (non-hydrogen) atoms. The van der Waals surface area contributed by atoms with Gasteiger partial charge >= 0.3 is 0 Å². The number of carbonyl (C=O) groups excluding carboxylic acids is 2. The summed E-state index contributed by atoms with van der Waals surface area (Å²) >= 11 is 5.75. The van der Waals surface area contributed by atoms with Crippen molar-refractivity contribution in [3.05, 3.63) is 68.7 Å². The van der Waals surface area contributed by atoms with Crippen LogP contribution in [0.2, 0.25) is 5.02 Å². The van der Waals surface area contributed by atoms with Crippen LogP contribution in [0.4, 0.5) is 11.4 Å². The van der Waals surface area contributed by atoms with Crippen LogP contribution in [-0.4, -0.2) is 29.5 Å². The monoisotopic (exact) mass is 414 g/mol. The summed E-state index contributed by atoms with van der Waals surface area (Å²) in [5.74, 6) is -0.520. The van der Waals surface area contributed by atoms with E-state index in [2.05, 4.69) is 10.5 Å². The van der Waals surface area contributed by atoms with E-state index < -0.39 is 10.8 Å². The van der Waals surface area contributed by atoms with Crippen LogP contribution >= 0.6 is 11.6 Å². The predicted octanol–water partition coefficient (Wildman–Crippen LogP) is 3.46. The van der Waals surface area contributed by atoms with Gasteiger partial charge in [-0.05, 0) is 30.5 Å². The molecule has 8 nitrogen and oxygen atoms in total. The van der Waals surface area contributed by atoms with Gasteiger partial charge in [-0.15, -0.1) is 0 Å². The molecule has 0 radical (unpaired) electrons. The second-order valence-electron chi connectivity index (χ2n) is 6.54. The van der Waals surface area contributed by atoms with E-state index in [1.54, 1.807) is 11.0 Å². The number of hydrogen-bond donors (Lipinski definition) is 1. The van der Waals surface area contributed by atoms with Crippen LogP contribution in [0.15, 0.2) is 47.6 Å². The first kappa shape index (κ1) is 20.5. The van der Waals surface area contributed by atoms with Gasteiger partial charge in [0.1, 0.15) is 5.02 Å². The predicted molar refractivity (Wildman–Crippen MR) is 110 cm³/mol. The maximum atomic E-state index is 12.5. The summed E-state index contributed by atoms with van der Waals surface area (Å²) in [6.45, 7) is 0.644. The molecule has 0 fully saturated rings. The molecule has 1 heterocycles. The van der Waals surface area contributed by atoms with Crippen molar-refractivity contribution in [3.8, 4) is 0 Å². The van der Waals surface area contributed by atoms with Gasteiger partial charge in [0.2, 0.25) is 11.8 Å². The first-order chi connectivity index (χ1) is 14.0. The molecule has 2 amide bonds. The number of aryl methyl sites for hydroxylation is 1. The minimum absolute atomic E-state index is 0.00436. The van der Waals surface area contributed by atoms with Crippen molar-refractivity contribution in [1.29, 1.82) is 0 Å². The fourth-order valence-electron chi connectivity index (χ4n) is 3.13. The zero-order chi connectivity index (χ0) is 20.8. The Labute approximate surface area is 172 Å². The van der Waals surface area contributed by atoms with Gasteiger partial charge < -0.3 is 4.90 Å². The molecule has 9 heteroatoms. The van der Waals surface area contributed by atoms with Crippen molar-refractivity contribution in [2.24, 2.45) is 5.10 Å². The van der Waals surface area contributed by atoms with Crippen molar-refractivity contribution in [2.45, 2.75) is 25.7 Å². The molecule has 1 aliphatic heterocycles. The second kappa shape index (κ2) is 9.29. The van der Waals surface area contributed by atoms with Gasteiger partial charge in [-0.1, -0.05) is 35.9 Å². The van der Waals surface area contributed by atoms with Crippen LogP contribution in [0.25, 0.3) is 0 Å². The van der Waals surface area contributed by atoms with E-state index in [1.165, 1.54) is 18.3 Å². The molecule has 3 rings (SSSR count). The number of hydrazone groups is 1. The number of halogens is 1. The molecule has 0 aromatic heterocycles. The van der Waals surface area contributed by atoms with Crippen molar-refractivity contribution < 1.29 is 14.5 Å². The highest BCUT2D eigenvalue weighted by molar-refractivity contribution is 6.32. The van der Waals surface area contributed by atoms with Crippen molar-refractivity contribution >= 4 is 41.0 Å². The number of nitro benzene ring substituents is 1. The number of nitro groups is 1. The molecule has 0 saturated carbocycles. The number of benzene rings is 2. The van der Waals surface area contributed by atoms with E-state index in [0.29, 0.717) is 12.1 Å². The maximum absolute atomic E-state index is 12.5. The van der Waals surface area contributed by atoms with Crippen molar-refractivity contribution in [3.63, 3.8) is 0 Å². The largest absolute Gasteiger partial charge is 0.312 e. The van der Waals surface area contributed by atoms with E-state index in [9.17, 15) is 19.7 Å². The molecule has 0 unspecified atom stereocenters. The van der Waals surface area contributed by atoms with Gasteiger partial charge in [0.25, 0.3) is 5.69 Å². The Morgan fingerprint density at radius 3 is 2.83 bits per heavy atom. The molecule has 2 aromatic rings. The number of nitrogens with one attached hydrogen (secondary N) is 1. The lowest BCUT2D eigenvalue weighted by Crippen LogP contribution is -2.36. The molecule has 1 aliphatic rings. The Morgan fingerprint density at radius 2 is 2.03 bits per heavy atom. The lowest BCUT2D eigenvalue weighted by molar-refractivity contribution is -0.384. The number of anilines is 1. The van der Waals surface area contributed by atoms with E-state index >= 15 is 0 Å². The van der Waals surface area contributed by atoms with Crippen molar-refractivity contribution in [1.82, 2.24) is 5.43 Å². The summed E-state index contributed by atoms with van der Waals surface area (Å²) in [7, 11) is 0. The zero-order valence-corrected chi connectivity index (χ0v) is 16.3. The van der Waals surface area contributed by atoms with Crippen LogP contribution in [0.3, 0.4) is 0 Å². The van der Waals surface area contributed by atoms with E-state index in [1.807, 2.05) is 24.3 Å². The average Bonchev–Trinajstić information content (AvgIpc) is 2.72. The van der Waals surface area contributed by atoms with Crippen molar-refractivity contribution in [2.75, 3.05) is 11.4 Å². The molecule has 0 spiro atoms. The normalized spacial score (nSPS) is 13.2. The van der Waals surface area contributed by atoms with E-state index in [4.69, 9.17) is 11.6 Å². The van der Waals surface area contributed by atoms with Crippen LogP contribution in [0.5, 0.6) is 0 Å². The van der Waals surface area contributed by atoms with Crippen LogP contribution < -0.4 is 10.3 Å². The molecule has 0 aliphatic carbocycles. The first-order valence-electron chi connectivity index (χ1n) is 9.10. The molecule has 150 valence electrons. The smallest absolute Gasteiger partial charge is 0.288 e. The minimum atomic E-state index is -0.595. The maximum Gasteiger partial charge on any atom is 0.288 e. The summed E-state index contributed by atoms with van der Waals surface area (Å²) in [5, 5.41) is 14.7. The zero-order valence-electron chi connectivity index (χ0n) is 15.5. The van der Waals surface area contributed by atoms with E-state index in [0.717, 1.165) is 24.1 Å². The number of fused-ring (bicyclic) bond motifs is 1. The van der Waals surface area contributed by atoms with Gasteiger partial charge in [0.05, 0.1) is 11.1 Å².